The summed E-state index contributed by atoms with van der Waals surface area (Å²) in [6, 6.07) is 3.54. The van der Waals surface area contributed by atoms with Gasteiger partial charge in [0.25, 0.3) is 0 Å². The largest absolute Gasteiger partial charge is 0.462 e. The number of hydrogen-bond donors (Lipinski definition) is 1. The van der Waals surface area contributed by atoms with Crippen molar-refractivity contribution in [1.82, 2.24) is 4.98 Å². The maximum absolute atomic E-state index is 10.1. The van der Waals surface area contributed by atoms with Gasteiger partial charge in [-0.15, -0.1) is 0 Å². The average molecular weight is 193 g/mol. The second-order valence-corrected chi connectivity index (χ2v) is 3.79. The Labute approximate surface area is 83.7 Å². The number of pyridine rings is 1. The van der Waals surface area contributed by atoms with E-state index in [1.54, 1.807) is 24.5 Å². The average Bonchev–Trinajstić information content (AvgIpc) is 2.19. The van der Waals surface area contributed by atoms with Gasteiger partial charge >= 0.3 is 0 Å². The molecule has 1 N–H and O–H groups in total. The number of nitrogens with zero attached hydrogens (tertiary/aromatic N) is 1. The summed E-state index contributed by atoms with van der Waals surface area (Å²) in [5, 5.41) is 10.1. The second kappa shape index (κ2) is 3.96. The number of aromatic nitrogens is 1. The van der Waals surface area contributed by atoms with Gasteiger partial charge in [0.05, 0.1) is 0 Å². The molecule has 1 heterocycles. The van der Waals surface area contributed by atoms with Crippen LogP contribution in [0.1, 0.15) is 32.1 Å². The van der Waals surface area contributed by atoms with E-state index in [0.29, 0.717) is 5.75 Å². The third-order valence-electron chi connectivity index (χ3n) is 2.59. The first-order valence-electron chi connectivity index (χ1n) is 5.10. The van der Waals surface area contributed by atoms with Crippen molar-refractivity contribution in [3.8, 4) is 5.75 Å². The first-order chi connectivity index (χ1) is 6.79. The van der Waals surface area contributed by atoms with E-state index >= 15 is 0 Å². The van der Waals surface area contributed by atoms with Gasteiger partial charge in [-0.3, -0.25) is 4.98 Å². The molecule has 1 aliphatic carbocycles. The lowest BCUT2D eigenvalue weighted by Crippen LogP contribution is -2.37. The first-order valence-corrected chi connectivity index (χ1v) is 5.10. The Hall–Kier alpha value is -1.09. The maximum Gasteiger partial charge on any atom is 0.208 e. The summed E-state index contributed by atoms with van der Waals surface area (Å²) in [7, 11) is 0. The third kappa shape index (κ3) is 2.23. The molecule has 14 heavy (non-hydrogen) atoms. The molecule has 76 valence electrons. The molecule has 0 spiro atoms. The van der Waals surface area contributed by atoms with Crippen molar-refractivity contribution < 1.29 is 9.84 Å². The molecule has 1 saturated carbocycles. The fraction of sp³-hybridized carbons (Fsp3) is 0.545. The molecule has 3 nitrogen and oxygen atoms in total. The smallest absolute Gasteiger partial charge is 0.208 e. The number of aliphatic hydroxyl groups is 1. The van der Waals surface area contributed by atoms with Gasteiger partial charge in [-0.1, -0.05) is 6.42 Å². The van der Waals surface area contributed by atoms with Crippen LogP contribution in [-0.2, 0) is 0 Å². The highest BCUT2D eigenvalue weighted by molar-refractivity contribution is 5.17. The Balaban J connectivity index is 2.02. The molecule has 3 heteroatoms. The lowest BCUT2D eigenvalue weighted by Gasteiger charge is -2.32. The summed E-state index contributed by atoms with van der Waals surface area (Å²) in [5.74, 6) is -0.246. The predicted molar refractivity (Wildman–Crippen MR) is 52.9 cm³/mol. The number of hydrogen-bond acceptors (Lipinski definition) is 3. The van der Waals surface area contributed by atoms with E-state index in [0.717, 1.165) is 25.7 Å². The minimum absolute atomic E-state index is 0.699. The van der Waals surface area contributed by atoms with Gasteiger partial charge < -0.3 is 9.84 Å². The van der Waals surface area contributed by atoms with E-state index in [-0.39, 0.29) is 0 Å². The molecule has 1 aromatic heterocycles. The van der Waals surface area contributed by atoms with Crippen molar-refractivity contribution >= 4 is 0 Å². The van der Waals surface area contributed by atoms with Crippen LogP contribution in [0.3, 0.4) is 0 Å². The zero-order valence-corrected chi connectivity index (χ0v) is 8.15. The van der Waals surface area contributed by atoms with Crippen LogP contribution in [0.4, 0.5) is 0 Å². The van der Waals surface area contributed by atoms with E-state index in [1.807, 2.05) is 0 Å². The molecule has 1 aliphatic rings. The molecule has 0 atom stereocenters. The minimum atomic E-state index is -0.945. The molecule has 1 fully saturated rings. The molecule has 0 aromatic carbocycles. The fourth-order valence-electron chi connectivity index (χ4n) is 1.83. The van der Waals surface area contributed by atoms with Crippen LogP contribution < -0.4 is 4.74 Å². The van der Waals surface area contributed by atoms with E-state index in [9.17, 15) is 5.11 Å². The van der Waals surface area contributed by atoms with Gasteiger partial charge in [0.15, 0.2) is 0 Å². The van der Waals surface area contributed by atoms with Crippen LogP contribution in [0, 0.1) is 0 Å². The van der Waals surface area contributed by atoms with Crippen LogP contribution in [0.5, 0.6) is 5.75 Å². The highest BCUT2D eigenvalue weighted by Crippen LogP contribution is 2.30. The van der Waals surface area contributed by atoms with Crippen LogP contribution in [0.15, 0.2) is 24.5 Å². The summed E-state index contributed by atoms with van der Waals surface area (Å²) in [4.78, 5) is 3.90. The molecule has 0 amide bonds. The second-order valence-electron chi connectivity index (χ2n) is 3.79. The molecule has 1 aromatic rings. The van der Waals surface area contributed by atoms with Crippen molar-refractivity contribution in [2.24, 2.45) is 0 Å². The van der Waals surface area contributed by atoms with Crippen LogP contribution in [0.25, 0.3) is 0 Å². The summed E-state index contributed by atoms with van der Waals surface area (Å²) in [6.07, 6.45) is 8.08. The van der Waals surface area contributed by atoms with E-state index in [4.69, 9.17) is 4.74 Å². The summed E-state index contributed by atoms with van der Waals surface area (Å²) in [5.41, 5.74) is 0. The number of ether oxygens (including phenoxy) is 1. The highest BCUT2D eigenvalue weighted by Gasteiger charge is 2.31. The quantitative estimate of drug-likeness (QED) is 0.731. The Morgan fingerprint density at radius 2 is 1.79 bits per heavy atom. The lowest BCUT2D eigenvalue weighted by atomic mass is 9.94. The molecule has 2 rings (SSSR count). The zero-order chi connectivity index (χ0) is 9.86. The van der Waals surface area contributed by atoms with Crippen LogP contribution >= 0.6 is 0 Å². The Bertz CT molecular complexity index is 281. The van der Waals surface area contributed by atoms with Gasteiger partial charge in [0, 0.05) is 25.2 Å². The van der Waals surface area contributed by atoms with Crippen molar-refractivity contribution in [2.75, 3.05) is 0 Å². The van der Waals surface area contributed by atoms with Gasteiger partial charge in [-0.25, -0.2) is 0 Å². The normalized spacial score (nSPS) is 20.4. The fourth-order valence-corrected chi connectivity index (χ4v) is 1.83. The third-order valence-corrected chi connectivity index (χ3v) is 2.59. The van der Waals surface area contributed by atoms with E-state index < -0.39 is 5.79 Å². The molecule has 0 radical (unpaired) electrons. The molecular weight excluding hydrogens is 178 g/mol. The van der Waals surface area contributed by atoms with Crippen molar-refractivity contribution in [2.45, 2.75) is 37.9 Å². The predicted octanol–water partition coefficient (Wildman–Crippen LogP) is 2.11. The van der Waals surface area contributed by atoms with Gasteiger partial charge in [-0.05, 0) is 25.0 Å². The first kappa shape index (κ1) is 9.46. The van der Waals surface area contributed by atoms with Crippen LogP contribution in [-0.4, -0.2) is 15.9 Å². The topological polar surface area (TPSA) is 42.4 Å². The Morgan fingerprint density at radius 1 is 1.14 bits per heavy atom. The zero-order valence-electron chi connectivity index (χ0n) is 8.15. The standard InChI is InChI=1S/C11H15NO2/c13-11(6-2-1-3-7-11)14-10-4-8-12-9-5-10/h4-5,8-9,13H,1-3,6-7H2. The minimum Gasteiger partial charge on any atom is -0.462 e. The molecular formula is C11H15NO2. The molecule has 0 bridgehead atoms. The van der Waals surface area contributed by atoms with Gasteiger partial charge in [0.1, 0.15) is 5.75 Å². The SMILES string of the molecule is OC1(Oc2ccncc2)CCCCC1. The number of rotatable bonds is 2. The summed E-state index contributed by atoms with van der Waals surface area (Å²) in [6.45, 7) is 0. The lowest BCUT2D eigenvalue weighted by molar-refractivity contribution is -0.158. The van der Waals surface area contributed by atoms with Gasteiger partial charge in [-0.2, -0.15) is 0 Å². The van der Waals surface area contributed by atoms with Crippen molar-refractivity contribution in [1.29, 1.82) is 0 Å². The van der Waals surface area contributed by atoms with Crippen molar-refractivity contribution in [3.05, 3.63) is 24.5 Å². The highest BCUT2D eigenvalue weighted by atomic mass is 16.6. The van der Waals surface area contributed by atoms with Crippen molar-refractivity contribution in [3.63, 3.8) is 0 Å². The summed E-state index contributed by atoms with van der Waals surface area (Å²) < 4.78 is 5.56. The van der Waals surface area contributed by atoms with Crippen LogP contribution in [0.2, 0.25) is 0 Å². The Kier molecular flexibility index (Phi) is 2.68. The summed E-state index contributed by atoms with van der Waals surface area (Å²) >= 11 is 0. The Morgan fingerprint density at radius 3 is 2.43 bits per heavy atom. The molecule has 0 unspecified atom stereocenters. The monoisotopic (exact) mass is 193 g/mol. The maximum atomic E-state index is 10.1. The molecule has 0 aliphatic heterocycles. The van der Waals surface area contributed by atoms with Gasteiger partial charge in [0.2, 0.25) is 5.79 Å². The molecule has 0 saturated heterocycles. The van der Waals surface area contributed by atoms with E-state index in [1.165, 1.54) is 6.42 Å². The van der Waals surface area contributed by atoms with E-state index in [2.05, 4.69) is 4.98 Å².